The normalized spacial score (nSPS) is 11.5. The second kappa shape index (κ2) is 6.10. The maximum atomic E-state index is 9.63. The molecule has 0 atom stereocenters. The lowest BCUT2D eigenvalue weighted by molar-refractivity contribution is 1.30. The number of allylic oxidation sites excluding steroid dienone is 1. The van der Waals surface area contributed by atoms with Gasteiger partial charge in [0.05, 0.1) is 11.6 Å². The summed E-state index contributed by atoms with van der Waals surface area (Å²) in [5.41, 5.74) is 6.46. The van der Waals surface area contributed by atoms with Gasteiger partial charge in [-0.3, -0.25) is 0 Å². The lowest BCUT2D eigenvalue weighted by Crippen LogP contribution is -1.90. The zero-order valence-corrected chi connectivity index (χ0v) is 13.7. The summed E-state index contributed by atoms with van der Waals surface area (Å²) < 4.78 is 0. The van der Waals surface area contributed by atoms with Gasteiger partial charge >= 0.3 is 0 Å². The highest BCUT2D eigenvalue weighted by atomic mass is 14.3. The van der Waals surface area contributed by atoms with Crippen molar-refractivity contribution in [3.63, 3.8) is 0 Å². The number of rotatable bonds is 2. The molecule has 0 heterocycles. The van der Waals surface area contributed by atoms with E-state index in [-0.39, 0.29) is 0 Å². The number of fused-ring (bicyclic) bond motifs is 1. The molecule has 0 spiro atoms. The zero-order chi connectivity index (χ0) is 16.4. The van der Waals surface area contributed by atoms with Crippen LogP contribution in [0.25, 0.3) is 22.4 Å². The van der Waals surface area contributed by atoms with Crippen LogP contribution in [0.1, 0.15) is 27.8 Å². The fourth-order valence-corrected chi connectivity index (χ4v) is 3.10. The van der Waals surface area contributed by atoms with E-state index >= 15 is 0 Å². The summed E-state index contributed by atoms with van der Waals surface area (Å²) in [5.74, 6) is 0. The molecule has 0 radical (unpaired) electrons. The molecule has 3 aromatic carbocycles. The maximum Gasteiger partial charge on any atom is 0.0998 e. The van der Waals surface area contributed by atoms with Crippen molar-refractivity contribution in [2.24, 2.45) is 0 Å². The molecule has 3 rings (SSSR count). The number of hydrogen-bond acceptors (Lipinski definition) is 1. The Morgan fingerprint density at radius 2 is 1.52 bits per heavy atom. The number of aryl methyl sites for hydroxylation is 3. The molecule has 0 bridgehead atoms. The molecule has 0 unspecified atom stereocenters. The molecular formula is C22H19N. The summed E-state index contributed by atoms with van der Waals surface area (Å²) in [7, 11) is 0. The number of benzene rings is 3. The van der Waals surface area contributed by atoms with Crippen LogP contribution in [0.4, 0.5) is 0 Å². The summed E-state index contributed by atoms with van der Waals surface area (Å²) in [6.07, 6.45) is 2.01. The Kier molecular flexibility index (Phi) is 4.00. The molecule has 3 aromatic rings. The number of nitrogens with zero attached hydrogens (tertiary/aromatic N) is 1. The van der Waals surface area contributed by atoms with E-state index in [2.05, 4.69) is 63.2 Å². The van der Waals surface area contributed by atoms with E-state index < -0.39 is 0 Å². The van der Waals surface area contributed by atoms with Crippen molar-refractivity contribution in [3.8, 4) is 6.07 Å². The molecule has 112 valence electrons. The SMILES string of the molecule is Cc1cc(C)c(/C=C(/C#N)c2ccc3ccccc3c2)c(C)c1. The molecule has 1 heteroatoms. The van der Waals surface area contributed by atoms with Crippen LogP contribution >= 0.6 is 0 Å². The van der Waals surface area contributed by atoms with Crippen molar-refractivity contribution in [2.45, 2.75) is 20.8 Å². The quantitative estimate of drug-likeness (QED) is 0.431. The van der Waals surface area contributed by atoms with Crippen LogP contribution in [0, 0.1) is 32.1 Å². The molecule has 0 aliphatic carbocycles. The molecule has 1 nitrogen and oxygen atoms in total. The average molecular weight is 297 g/mol. The minimum Gasteiger partial charge on any atom is -0.192 e. The third kappa shape index (κ3) is 3.03. The summed E-state index contributed by atoms with van der Waals surface area (Å²) in [4.78, 5) is 0. The van der Waals surface area contributed by atoms with E-state index in [1.54, 1.807) is 0 Å². The van der Waals surface area contributed by atoms with Gasteiger partial charge in [-0.25, -0.2) is 0 Å². The molecule has 0 fully saturated rings. The highest BCUT2D eigenvalue weighted by Crippen LogP contribution is 2.25. The van der Waals surface area contributed by atoms with Crippen LogP contribution in [-0.4, -0.2) is 0 Å². The van der Waals surface area contributed by atoms with Gasteiger partial charge in [-0.2, -0.15) is 5.26 Å². The lowest BCUT2D eigenvalue weighted by atomic mass is 9.95. The Balaban J connectivity index is 2.13. The van der Waals surface area contributed by atoms with Crippen molar-refractivity contribution in [1.82, 2.24) is 0 Å². The van der Waals surface area contributed by atoms with Crippen LogP contribution in [0.3, 0.4) is 0 Å². The molecule has 0 amide bonds. The Labute approximate surface area is 137 Å². The summed E-state index contributed by atoms with van der Waals surface area (Å²) in [6.45, 7) is 6.30. The van der Waals surface area contributed by atoms with Gasteiger partial charge in [-0.15, -0.1) is 0 Å². The molecule has 0 aliphatic rings. The Bertz CT molecular complexity index is 932. The molecule has 0 saturated heterocycles. The van der Waals surface area contributed by atoms with Crippen LogP contribution < -0.4 is 0 Å². The Hall–Kier alpha value is -2.85. The molecule has 0 aromatic heterocycles. The number of nitriles is 1. The van der Waals surface area contributed by atoms with Gasteiger partial charge in [0.15, 0.2) is 0 Å². The second-order valence-electron chi connectivity index (χ2n) is 6.04. The predicted octanol–water partition coefficient (Wildman–Crippen LogP) is 5.83. The maximum absolute atomic E-state index is 9.63. The zero-order valence-electron chi connectivity index (χ0n) is 13.7. The van der Waals surface area contributed by atoms with Gasteiger partial charge in [0.1, 0.15) is 0 Å². The van der Waals surface area contributed by atoms with Gasteiger partial charge in [0, 0.05) is 0 Å². The smallest absolute Gasteiger partial charge is 0.0998 e. The predicted molar refractivity (Wildman–Crippen MR) is 98.1 cm³/mol. The van der Waals surface area contributed by atoms with Crippen LogP contribution in [0.5, 0.6) is 0 Å². The monoisotopic (exact) mass is 297 g/mol. The van der Waals surface area contributed by atoms with Crippen molar-refractivity contribution in [2.75, 3.05) is 0 Å². The third-order valence-corrected chi connectivity index (χ3v) is 4.21. The van der Waals surface area contributed by atoms with E-state index in [0.29, 0.717) is 5.57 Å². The fraction of sp³-hybridized carbons (Fsp3) is 0.136. The minimum atomic E-state index is 0.700. The molecular weight excluding hydrogens is 278 g/mol. The first-order chi connectivity index (χ1) is 11.1. The van der Waals surface area contributed by atoms with Gasteiger partial charge in [0.25, 0.3) is 0 Å². The number of hydrogen-bond donors (Lipinski definition) is 0. The first-order valence-electron chi connectivity index (χ1n) is 7.77. The van der Waals surface area contributed by atoms with Crippen molar-refractivity contribution >= 4 is 22.4 Å². The minimum absolute atomic E-state index is 0.700. The molecule has 0 saturated carbocycles. The van der Waals surface area contributed by atoms with Gasteiger partial charge < -0.3 is 0 Å². The Morgan fingerprint density at radius 3 is 2.17 bits per heavy atom. The van der Waals surface area contributed by atoms with Crippen molar-refractivity contribution in [1.29, 1.82) is 5.26 Å². The standard InChI is InChI=1S/C22H19N/c1-15-10-16(2)22(17(3)11-15)13-21(14-23)20-9-8-18-6-4-5-7-19(18)12-20/h4-13H,1-3H3/b21-13-. The van der Waals surface area contributed by atoms with E-state index in [1.165, 1.54) is 22.1 Å². The van der Waals surface area contributed by atoms with Crippen LogP contribution in [-0.2, 0) is 0 Å². The van der Waals surface area contributed by atoms with E-state index in [0.717, 1.165) is 16.5 Å². The van der Waals surface area contributed by atoms with Gasteiger partial charge in [0.2, 0.25) is 0 Å². The van der Waals surface area contributed by atoms with E-state index in [1.807, 2.05) is 24.3 Å². The molecule has 23 heavy (non-hydrogen) atoms. The third-order valence-electron chi connectivity index (χ3n) is 4.21. The second-order valence-corrected chi connectivity index (χ2v) is 6.04. The first kappa shape index (κ1) is 15.1. The largest absolute Gasteiger partial charge is 0.192 e. The summed E-state index contributed by atoms with van der Waals surface area (Å²) >= 11 is 0. The fourth-order valence-electron chi connectivity index (χ4n) is 3.10. The molecule has 0 N–H and O–H groups in total. The van der Waals surface area contributed by atoms with Gasteiger partial charge in [-0.1, -0.05) is 54.1 Å². The van der Waals surface area contributed by atoms with Crippen LogP contribution in [0.15, 0.2) is 54.6 Å². The van der Waals surface area contributed by atoms with Crippen molar-refractivity contribution < 1.29 is 0 Å². The van der Waals surface area contributed by atoms with E-state index in [4.69, 9.17) is 0 Å². The lowest BCUT2D eigenvalue weighted by Gasteiger charge is -2.09. The highest BCUT2D eigenvalue weighted by molar-refractivity contribution is 5.94. The topological polar surface area (TPSA) is 23.8 Å². The van der Waals surface area contributed by atoms with Crippen molar-refractivity contribution in [3.05, 3.63) is 82.4 Å². The molecule has 0 aliphatic heterocycles. The highest BCUT2D eigenvalue weighted by Gasteiger charge is 2.06. The summed E-state index contributed by atoms with van der Waals surface area (Å²) in [5, 5.41) is 12.0. The van der Waals surface area contributed by atoms with Crippen LogP contribution in [0.2, 0.25) is 0 Å². The summed E-state index contributed by atoms with van der Waals surface area (Å²) in [6, 6.07) is 21.1. The average Bonchev–Trinajstić information content (AvgIpc) is 2.54. The Morgan fingerprint density at radius 1 is 0.870 bits per heavy atom. The van der Waals surface area contributed by atoms with E-state index in [9.17, 15) is 5.26 Å². The van der Waals surface area contributed by atoms with Gasteiger partial charge in [-0.05, 0) is 65.9 Å². The first-order valence-corrected chi connectivity index (χ1v) is 7.77.